The average molecular weight is 524 g/mol. The molecule has 0 aromatic heterocycles. The highest BCUT2D eigenvalue weighted by molar-refractivity contribution is 14.1. The van der Waals surface area contributed by atoms with Gasteiger partial charge in [0, 0.05) is 8.47 Å². The Kier molecular flexibility index (Phi) is 8.06. The highest BCUT2D eigenvalue weighted by atomic mass is 127. The summed E-state index contributed by atoms with van der Waals surface area (Å²) >= 11 is 5.91. The molecule has 0 aliphatic heterocycles. The molecular weight excluding hydrogens is 509 g/mol. The molecule has 5 N–H and O–H groups in total. The summed E-state index contributed by atoms with van der Waals surface area (Å²) < 4.78 is 29.6. The third kappa shape index (κ3) is 5.14. The van der Waals surface area contributed by atoms with E-state index in [4.69, 9.17) is 20.6 Å². The summed E-state index contributed by atoms with van der Waals surface area (Å²) in [7, 11) is 0. The van der Waals surface area contributed by atoms with Crippen LogP contribution in [0.4, 0.5) is 25.8 Å². The molecule has 150 valence electrons. The summed E-state index contributed by atoms with van der Waals surface area (Å²) in [5, 5.41) is 23.5. The second-order valence-corrected chi connectivity index (χ2v) is 7.11. The Morgan fingerprint density at radius 1 is 1.32 bits per heavy atom. The quantitative estimate of drug-likeness (QED) is 0.137. The molecule has 0 saturated heterocycles. The summed E-state index contributed by atoms with van der Waals surface area (Å²) in [6, 6.07) is 5.26. The molecular formula is C16H15F2IN4O4S. The smallest absolute Gasteiger partial charge is 0.277 e. The highest BCUT2D eigenvalue weighted by Crippen LogP contribution is 2.37. The number of anilines is 2. The van der Waals surface area contributed by atoms with Crippen LogP contribution in [0.25, 0.3) is 0 Å². The number of aliphatic hydroxyl groups is 2. The van der Waals surface area contributed by atoms with Gasteiger partial charge in [0.1, 0.15) is 17.6 Å². The number of carbonyl (C=O) groups excluding carboxylic acids is 1. The maximum Gasteiger partial charge on any atom is 0.277 e. The number of halogens is 3. The molecule has 0 unspecified atom stereocenters. The van der Waals surface area contributed by atoms with Crippen molar-refractivity contribution in [3.05, 3.63) is 45.0 Å². The van der Waals surface area contributed by atoms with Gasteiger partial charge in [0.2, 0.25) is 0 Å². The first-order valence-electron chi connectivity index (χ1n) is 7.65. The van der Waals surface area contributed by atoms with Crippen molar-refractivity contribution in [3.8, 4) is 0 Å². The number of nitrogens with zero attached hydrogens (tertiary/aromatic N) is 1. The van der Waals surface area contributed by atoms with Gasteiger partial charge < -0.3 is 15.5 Å². The Hall–Kier alpha value is -1.87. The van der Waals surface area contributed by atoms with E-state index in [1.165, 1.54) is 12.1 Å². The zero-order valence-electron chi connectivity index (χ0n) is 14.0. The number of thiol groups is 1. The third-order valence-corrected chi connectivity index (χ3v) is 4.51. The van der Waals surface area contributed by atoms with Crippen LogP contribution >= 0.6 is 35.2 Å². The Morgan fingerprint density at radius 2 is 2.00 bits per heavy atom. The van der Waals surface area contributed by atoms with E-state index in [-0.39, 0.29) is 16.1 Å². The van der Waals surface area contributed by atoms with Crippen molar-refractivity contribution in [1.82, 2.24) is 5.48 Å². The van der Waals surface area contributed by atoms with Crippen LogP contribution < -0.4 is 10.8 Å². The monoisotopic (exact) mass is 524 g/mol. The molecule has 0 fully saturated rings. The van der Waals surface area contributed by atoms with Gasteiger partial charge in [-0.15, -0.1) is 12.6 Å². The molecule has 0 heterocycles. The molecule has 0 atom stereocenters. The number of rotatable bonds is 8. The first kappa shape index (κ1) is 22.4. The number of benzene rings is 2. The fraction of sp³-hybridized carbons (Fsp3) is 0.188. The van der Waals surface area contributed by atoms with E-state index in [1.54, 1.807) is 6.07 Å². The molecule has 2 rings (SSSR count). The molecule has 2 aromatic carbocycles. The van der Waals surface area contributed by atoms with Gasteiger partial charge in [0.05, 0.1) is 30.2 Å². The predicted molar refractivity (Wildman–Crippen MR) is 107 cm³/mol. The standard InChI is InChI=1S/C16H15F2IN4O4S/c17-10-3-7(19)1-2-11(10)21-14-9(4-12(28)15(22-20)13(14)18)16(26)23-27-8(5-24)6-25/h1-4,8,20-21,24-25,28H,5-6H2,(H,23,26). The van der Waals surface area contributed by atoms with Crippen molar-refractivity contribution < 1.29 is 28.6 Å². The Morgan fingerprint density at radius 3 is 2.57 bits per heavy atom. The lowest BCUT2D eigenvalue weighted by Crippen LogP contribution is -2.34. The van der Waals surface area contributed by atoms with Crippen molar-refractivity contribution in [2.45, 2.75) is 11.0 Å². The lowest BCUT2D eigenvalue weighted by Gasteiger charge is -2.17. The highest BCUT2D eigenvalue weighted by Gasteiger charge is 2.23. The molecule has 0 aliphatic rings. The van der Waals surface area contributed by atoms with Gasteiger partial charge in [-0.05, 0) is 46.9 Å². The number of hydrogen-bond acceptors (Lipinski definition) is 8. The summed E-state index contributed by atoms with van der Waals surface area (Å²) in [5.41, 5.74) is 7.74. The number of amides is 1. The van der Waals surface area contributed by atoms with E-state index in [1.807, 2.05) is 28.1 Å². The summed E-state index contributed by atoms with van der Waals surface area (Å²) in [6.45, 7) is -1.14. The lowest BCUT2D eigenvalue weighted by molar-refractivity contribution is -0.0618. The van der Waals surface area contributed by atoms with Gasteiger partial charge in [-0.2, -0.15) is 5.11 Å². The molecule has 0 radical (unpaired) electrons. The third-order valence-electron chi connectivity index (χ3n) is 3.49. The second kappa shape index (κ2) is 10.1. The predicted octanol–water partition coefficient (Wildman–Crippen LogP) is 3.28. The van der Waals surface area contributed by atoms with Crippen LogP contribution in [0.5, 0.6) is 0 Å². The normalized spacial score (nSPS) is 10.8. The summed E-state index contributed by atoms with van der Waals surface area (Å²) in [5.74, 6) is -2.73. The Bertz CT molecular complexity index is 899. The van der Waals surface area contributed by atoms with E-state index < -0.39 is 48.2 Å². The number of aliphatic hydroxyl groups excluding tert-OH is 2. The van der Waals surface area contributed by atoms with E-state index in [0.717, 1.165) is 6.07 Å². The number of nitrogens with one attached hydrogen (secondary N) is 3. The Labute approximate surface area is 177 Å². The molecule has 0 saturated carbocycles. The van der Waals surface area contributed by atoms with Crippen molar-refractivity contribution in [2.24, 2.45) is 5.11 Å². The van der Waals surface area contributed by atoms with Crippen LogP contribution in [0.2, 0.25) is 0 Å². The van der Waals surface area contributed by atoms with E-state index in [9.17, 15) is 13.6 Å². The molecule has 8 nitrogen and oxygen atoms in total. The molecule has 1 amide bonds. The lowest BCUT2D eigenvalue weighted by atomic mass is 10.1. The maximum absolute atomic E-state index is 14.8. The van der Waals surface area contributed by atoms with Crippen LogP contribution in [-0.2, 0) is 4.84 Å². The number of hydroxylamine groups is 1. The SMILES string of the molecule is N=Nc1c(S)cc(C(=O)NOC(CO)CO)c(Nc2ccc(I)cc2F)c1F. The van der Waals surface area contributed by atoms with Crippen molar-refractivity contribution >= 4 is 58.2 Å². The van der Waals surface area contributed by atoms with Gasteiger partial charge in [-0.1, -0.05) is 0 Å². The summed E-state index contributed by atoms with van der Waals surface area (Å²) in [4.78, 5) is 17.1. The van der Waals surface area contributed by atoms with Crippen molar-refractivity contribution in [3.63, 3.8) is 0 Å². The topological polar surface area (TPSA) is 127 Å². The van der Waals surface area contributed by atoms with Gasteiger partial charge in [-0.3, -0.25) is 9.63 Å². The molecule has 0 spiro atoms. The van der Waals surface area contributed by atoms with Crippen LogP contribution in [0, 0.1) is 20.7 Å². The first-order chi connectivity index (χ1) is 13.3. The molecule has 2 aromatic rings. The minimum absolute atomic E-state index is 0.104. The van der Waals surface area contributed by atoms with E-state index >= 15 is 0 Å². The van der Waals surface area contributed by atoms with E-state index in [0.29, 0.717) is 3.57 Å². The van der Waals surface area contributed by atoms with Crippen molar-refractivity contribution in [2.75, 3.05) is 18.5 Å². The average Bonchev–Trinajstić information content (AvgIpc) is 2.66. The fourth-order valence-corrected chi connectivity index (χ4v) is 2.81. The molecule has 0 aliphatic carbocycles. The van der Waals surface area contributed by atoms with E-state index in [2.05, 4.69) is 23.1 Å². The zero-order valence-corrected chi connectivity index (χ0v) is 17.1. The summed E-state index contributed by atoms with van der Waals surface area (Å²) in [6.07, 6.45) is -1.09. The van der Waals surface area contributed by atoms with Gasteiger partial charge in [-0.25, -0.2) is 19.8 Å². The zero-order chi connectivity index (χ0) is 20.8. The molecule has 0 bridgehead atoms. The second-order valence-electron chi connectivity index (χ2n) is 5.38. The van der Waals surface area contributed by atoms with Crippen LogP contribution in [0.15, 0.2) is 34.3 Å². The van der Waals surface area contributed by atoms with Crippen molar-refractivity contribution in [1.29, 1.82) is 5.53 Å². The molecule has 12 heteroatoms. The number of carbonyl (C=O) groups is 1. The maximum atomic E-state index is 14.8. The van der Waals surface area contributed by atoms with Crippen LogP contribution in [-0.4, -0.2) is 35.4 Å². The molecule has 28 heavy (non-hydrogen) atoms. The van der Waals surface area contributed by atoms with Gasteiger partial charge in [0.15, 0.2) is 5.82 Å². The minimum Gasteiger partial charge on any atom is -0.393 e. The van der Waals surface area contributed by atoms with Crippen LogP contribution in [0.1, 0.15) is 10.4 Å². The van der Waals surface area contributed by atoms with Gasteiger partial charge in [0.25, 0.3) is 5.91 Å². The van der Waals surface area contributed by atoms with Crippen LogP contribution in [0.3, 0.4) is 0 Å². The largest absolute Gasteiger partial charge is 0.393 e. The minimum atomic E-state index is -1.09. The van der Waals surface area contributed by atoms with Gasteiger partial charge >= 0.3 is 0 Å². The fourth-order valence-electron chi connectivity index (χ4n) is 2.08. The number of hydrogen-bond donors (Lipinski definition) is 6. The Balaban J connectivity index is 2.46. The first-order valence-corrected chi connectivity index (χ1v) is 9.17.